The molecule has 0 aliphatic carbocycles. The molecule has 1 amide bonds. The highest BCUT2D eigenvalue weighted by Gasteiger charge is 2.18. The van der Waals surface area contributed by atoms with Crippen molar-refractivity contribution >= 4 is 12.1 Å². The van der Waals surface area contributed by atoms with E-state index in [1.807, 2.05) is 13.8 Å². The van der Waals surface area contributed by atoms with Crippen LogP contribution in [0.1, 0.15) is 41.0 Å². The number of nitrogens with one attached hydrogen (secondary N) is 1. The summed E-state index contributed by atoms with van der Waals surface area (Å²) in [5.41, 5.74) is -0.566. The number of ether oxygens (including phenoxy) is 1. The van der Waals surface area contributed by atoms with Crippen molar-refractivity contribution in [1.29, 1.82) is 0 Å². The molecule has 0 heterocycles. The number of hydrogen-bond acceptors (Lipinski definition) is 3. The summed E-state index contributed by atoms with van der Waals surface area (Å²) >= 11 is 0. The summed E-state index contributed by atoms with van der Waals surface area (Å²) < 4.78 is 5.13. The van der Waals surface area contributed by atoms with Crippen molar-refractivity contribution in [3.63, 3.8) is 0 Å². The Balaban J connectivity index is 4.49. The Labute approximate surface area is 108 Å². The highest BCUT2D eigenvalue weighted by molar-refractivity contribution is 5.80. The van der Waals surface area contributed by atoms with E-state index in [2.05, 4.69) is 5.32 Å². The maximum Gasteiger partial charge on any atom is 0.408 e. The number of carbonyl (C=O) groups excluding carboxylic acids is 1. The van der Waals surface area contributed by atoms with Crippen molar-refractivity contribution in [3.05, 3.63) is 12.2 Å². The van der Waals surface area contributed by atoms with Gasteiger partial charge >= 0.3 is 12.1 Å². The van der Waals surface area contributed by atoms with E-state index >= 15 is 0 Å². The van der Waals surface area contributed by atoms with E-state index in [1.54, 1.807) is 20.8 Å². The quantitative estimate of drug-likeness (QED) is 0.742. The second-order valence-corrected chi connectivity index (χ2v) is 5.58. The van der Waals surface area contributed by atoms with Crippen molar-refractivity contribution in [2.45, 2.75) is 52.7 Å². The predicted molar refractivity (Wildman–Crippen MR) is 69.4 cm³/mol. The van der Waals surface area contributed by atoms with Crippen LogP contribution in [0.3, 0.4) is 0 Å². The van der Waals surface area contributed by atoms with Crippen LogP contribution in [0, 0.1) is 5.92 Å². The third kappa shape index (κ3) is 9.69. The molecular weight excluding hydrogens is 234 g/mol. The summed E-state index contributed by atoms with van der Waals surface area (Å²) in [5.74, 6) is -0.696. The van der Waals surface area contributed by atoms with Crippen LogP contribution in [0.2, 0.25) is 0 Å². The molecule has 0 aromatic rings. The lowest BCUT2D eigenvalue weighted by Gasteiger charge is -2.23. The topological polar surface area (TPSA) is 75.6 Å². The van der Waals surface area contributed by atoms with Gasteiger partial charge in [-0.3, -0.25) is 0 Å². The maximum atomic E-state index is 11.6. The molecule has 104 valence electrons. The van der Waals surface area contributed by atoms with Gasteiger partial charge in [-0.1, -0.05) is 19.9 Å². The lowest BCUT2D eigenvalue weighted by molar-refractivity contribution is -0.131. The lowest BCUT2D eigenvalue weighted by Crippen LogP contribution is -2.38. The van der Waals surface area contributed by atoms with Crippen molar-refractivity contribution < 1.29 is 19.4 Å². The van der Waals surface area contributed by atoms with E-state index in [9.17, 15) is 9.59 Å². The normalized spacial score (nSPS) is 13.7. The molecule has 5 heteroatoms. The number of amides is 1. The van der Waals surface area contributed by atoms with Crippen LogP contribution in [-0.4, -0.2) is 28.8 Å². The molecule has 0 spiro atoms. The molecule has 0 radical (unpaired) electrons. The highest BCUT2D eigenvalue weighted by atomic mass is 16.6. The first-order valence-electron chi connectivity index (χ1n) is 6.01. The number of carboxylic acids is 1. The van der Waals surface area contributed by atoms with Crippen molar-refractivity contribution in [1.82, 2.24) is 5.32 Å². The van der Waals surface area contributed by atoms with Crippen LogP contribution in [0.15, 0.2) is 12.2 Å². The zero-order chi connectivity index (χ0) is 14.3. The van der Waals surface area contributed by atoms with Gasteiger partial charge < -0.3 is 15.2 Å². The van der Waals surface area contributed by atoms with Gasteiger partial charge in [-0.25, -0.2) is 9.59 Å². The van der Waals surface area contributed by atoms with Crippen molar-refractivity contribution in [3.8, 4) is 0 Å². The number of alkyl carbamates (subject to hydrolysis) is 1. The molecule has 0 aliphatic rings. The van der Waals surface area contributed by atoms with Gasteiger partial charge in [0.05, 0.1) is 6.04 Å². The molecule has 0 aliphatic heterocycles. The van der Waals surface area contributed by atoms with Crippen LogP contribution < -0.4 is 5.32 Å². The molecule has 1 atom stereocenters. The zero-order valence-corrected chi connectivity index (χ0v) is 11.7. The third-order valence-electron chi connectivity index (χ3n) is 1.90. The van der Waals surface area contributed by atoms with Crippen LogP contribution in [0.5, 0.6) is 0 Å². The van der Waals surface area contributed by atoms with Gasteiger partial charge in [-0.15, -0.1) is 0 Å². The fraction of sp³-hybridized carbons (Fsp3) is 0.692. The van der Waals surface area contributed by atoms with Crippen LogP contribution in [-0.2, 0) is 9.53 Å². The minimum absolute atomic E-state index is 0.336. The maximum absolute atomic E-state index is 11.6. The van der Waals surface area contributed by atoms with E-state index in [4.69, 9.17) is 9.84 Å². The Morgan fingerprint density at radius 1 is 1.33 bits per heavy atom. The van der Waals surface area contributed by atoms with E-state index in [1.165, 1.54) is 6.08 Å². The highest BCUT2D eigenvalue weighted by Crippen LogP contribution is 2.10. The summed E-state index contributed by atoms with van der Waals surface area (Å²) in [4.78, 5) is 22.1. The van der Waals surface area contributed by atoms with E-state index in [0.717, 1.165) is 6.08 Å². The van der Waals surface area contributed by atoms with Crippen molar-refractivity contribution in [2.75, 3.05) is 0 Å². The molecule has 0 fully saturated rings. The Hall–Kier alpha value is -1.52. The summed E-state index contributed by atoms with van der Waals surface area (Å²) in [6.45, 7) is 9.32. The molecule has 0 bridgehead atoms. The number of aliphatic carboxylic acids is 1. The van der Waals surface area contributed by atoms with Gasteiger partial charge in [0.15, 0.2) is 0 Å². The average molecular weight is 257 g/mol. The second kappa shape index (κ2) is 7.03. The Bertz CT molecular complexity index is 315. The molecule has 0 rings (SSSR count). The molecule has 0 aromatic heterocycles. The Kier molecular flexibility index (Phi) is 6.44. The number of hydrogen-bond donors (Lipinski definition) is 2. The van der Waals surface area contributed by atoms with Gasteiger partial charge in [0.1, 0.15) is 5.60 Å². The van der Waals surface area contributed by atoms with Gasteiger partial charge in [0.25, 0.3) is 0 Å². The van der Waals surface area contributed by atoms with Gasteiger partial charge in [0, 0.05) is 6.08 Å². The predicted octanol–water partition coefficient (Wildman–Crippen LogP) is 2.57. The summed E-state index contributed by atoms with van der Waals surface area (Å²) in [5, 5.41) is 11.2. The lowest BCUT2D eigenvalue weighted by atomic mass is 10.0. The van der Waals surface area contributed by atoms with Crippen molar-refractivity contribution in [2.24, 2.45) is 5.92 Å². The zero-order valence-electron chi connectivity index (χ0n) is 11.7. The third-order valence-corrected chi connectivity index (χ3v) is 1.90. The molecule has 18 heavy (non-hydrogen) atoms. The van der Waals surface area contributed by atoms with E-state index < -0.39 is 17.7 Å². The minimum atomic E-state index is -1.03. The summed E-state index contributed by atoms with van der Waals surface area (Å²) in [7, 11) is 0. The molecule has 5 nitrogen and oxygen atoms in total. The SMILES string of the molecule is CC(C)C[C@@H](C=CC(=O)O)NC(=O)OC(C)(C)C. The first kappa shape index (κ1) is 16.5. The molecule has 0 aromatic carbocycles. The number of carbonyl (C=O) groups is 2. The summed E-state index contributed by atoms with van der Waals surface area (Å²) in [6.07, 6.45) is 2.61. The van der Waals surface area contributed by atoms with Crippen LogP contribution >= 0.6 is 0 Å². The smallest absolute Gasteiger partial charge is 0.408 e. The van der Waals surface area contributed by atoms with E-state index in [0.29, 0.717) is 12.3 Å². The van der Waals surface area contributed by atoms with Gasteiger partial charge in [0.2, 0.25) is 0 Å². The van der Waals surface area contributed by atoms with Crippen LogP contribution in [0.4, 0.5) is 4.79 Å². The molecule has 0 saturated carbocycles. The molecule has 2 N–H and O–H groups in total. The van der Waals surface area contributed by atoms with Gasteiger partial charge in [-0.2, -0.15) is 0 Å². The molecular formula is C13H23NO4. The Morgan fingerprint density at radius 3 is 2.28 bits per heavy atom. The fourth-order valence-corrected chi connectivity index (χ4v) is 1.35. The molecule has 0 unspecified atom stereocenters. The number of rotatable bonds is 5. The summed E-state index contributed by atoms with van der Waals surface area (Å²) in [6, 6.07) is -0.337. The fourth-order valence-electron chi connectivity index (χ4n) is 1.35. The number of carboxylic acid groups (broad SMARTS) is 1. The monoisotopic (exact) mass is 257 g/mol. The minimum Gasteiger partial charge on any atom is -0.478 e. The average Bonchev–Trinajstić information content (AvgIpc) is 2.09. The largest absolute Gasteiger partial charge is 0.478 e. The van der Waals surface area contributed by atoms with E-state index in [-0.39, 0.29) is 6.04 Å². The standard InChI is InChI=1S/C13H23NO4/c1-9(2)8-10(6-7-11(15)16)14-12(17)18-13(3,4)5/h6-7,9-10H,8H2,1-5H3,(H,14,17)(H,15,16)/t10-/m1/s1. The second-order valence-electron chi connectivity index (χ2n) is 5.58. The van der Waals surface area contributed by atoms with Crippen LogP contribution in [0.25, 0.3) is 0 Å². The Morgan fingerprint density at radius 2 is 1.89 bits per heavy atom. The first-order valence-corrected chi connectivity index (χ1v) is 6.01. The molecule has 0 saturated heterocycles. The van der Waals surface area contributed by atoms with Gasteiger partial charge in [-0.05, 0) is 33.1 Å². The first-order chi connectivity index (χ1) is 8.10.